The highest BCUT2D eigenvalue weighted by molar-refractivity contribution is 5.75. The van der Waals surface area contributed by atoms with E-state index >= 15 is 0 Å². The van der Waals surface area contributed by atoms with E-state index in [1.165, 1.54) is 12.8 Å². The second-order valence-electron chi connectivity index (χ2n) is 7.50. The minimum Gasteiger partial charge on any atom is -0.378 e. The van der Waals surface area contributed by atoms with Gasteiger partial charge in [-0.3, -0.25) is 0 Å². The van der Waals surface area contributed by atoms with Gasteiger partial charge >= 0.3 is 6.03 Å². The molecule has 4 rings (SSSR count). The van der Waals surface area contributed by atoms with Crippen LogP contribution >= 0.6 is 0 Å². The number of carbonyl (C=O) groups is 1. The van der Waals surface area contributed by atoms with Crippen LogP contribution in [-0.2, 0) is 11.3 Å². The molecule has 6 nitrogen and oxygen atoms in total. The lowest BCUT2D eigenvalue weighted by Gasteiger charge is -2.30. The Morgan fingerprint density at radius 3 is 2.80 bits per heavy atom. The molecule has 0 aromatic carbocycles. The molecule has 1 aromatic heterocycles. The van der Waals surface area contributed by atoms with E-state index in [9.17, 15) is 4.79 Å². The number of anilines is 1. The average Bonchev–Trinajstić information content (AvgIpc) is 3.54. The Kier molecular flexibility index (Phi) is 4.79. The van der Waals surface area contributed by atoms with Gasteiger partial charge in [-0.2, -0.15) is 0 Å². The maximum absolute atomic E-state index is 12.7. The summed E-state index contributed by atoms with van der Waals surface area (Å²) in [6.07, 6.45) is 6.68. The molecule has 1 unspecified atom stereocenters. The van der Waals surface area contributed by atoms with Gasteiger partial charge in [-0.05, 0) is 56.2 Å². The Bertz CT molecular complexity index is 609. The zero-order valence-corrected chi connectivity index (χ0v) is 15.0. The number of morpholine rings is 1. The summed E-state index contributed by atoms with van der Waals surface area (Å²) in [4.78, 5) is 21.5. The zero-order valence-electron chi connectivity index (χ0n) is 15.0. The highest BCUT2D eigenvalue weighted by Gasteiger charge is 2.41. The lowest BCUT2D eigenvalue weighted by Crippen LogP contribution is -2.47. The summed E-state index contributed by atoms with van der Waals surface area (Å²) in [5.74, 6) is 1.68. The first-order chi connectivity index (χ1) is 12.2. The van der Waals surface area contributed by atoms with Gasteiger partial charge in [-0.1, -0.05) is 0 Å². The monoisotopic (exact) mass is 344 g/mol. The topological polar surface area (TPSA) is 57.7 Å². The normalized spacial score (nSPS) is 21.7. The summed E-state index contributed by atoms with van der Waals surface area (Å²) >= 11 is 0. The molecular weight excluding hydrogens is 316 g/mol. The SMILES string of the molecule is CC(C1CC1)N(C(=O)NCc1ccnc(N2CCOCC2)c1)C1CC1. The van der Waals surface area contributed by atoms with Crippen LogP contribution < -0.4 is 10.2 Å². The van der Waals surface area contributed by atoms with Crippen LogP contribution in [0.15, 0.2) is 18.3 Å². The molecule has 3 fully saturated rings. The van der Waals surface area contributed by atoms with Gasteiger partial charge in [0.1, 0.15) is 5.82 Å². The summed E-state index contributed by atoms with van der Waals surface area (Å²) < 4.78 is 5.40. The molecule has 6 heteroatoms. The summed E-state index contributed by atoms with van der Waals surface area (Å²) in [5, 5.41) is 3.13. The molecule has 1 saturated heterocycles. The number of carbonyl (C=O) groups excluding carboxylic acids is 1. The molecule has 2 heterocycles. The van der Waals surface area contributed by atoms with Crippen molar-refractivity contribution in [1.29, 1.82) is 0 Å². The molecule has 0 spiro atoms. The molecule has 136 valence electrons. The molecule has 1 aliphatic heterocycles. The van der Waals surface area contributed by atoms with Crippen molar-refractivity contribution in [2.45, 2.75) is 51.2 Å². The van der Waals surface area contributed by atoms with Gasteiger partial charge < -0.3 is 19.9 Å². The van der Waals surface area contributed by atoms with Crippen LogP contribution in [0.2, 0.25) is 0 Å². The van der Waals surface area contributed by atoms with E-state index in [1.807, 2.05) is 12.3 Å². The quantitative estimate of drug-likeness (QED) is 0.861. The number of rotatable bonds is 6. The molecule has 2 aliphatic carbocycles. The van der Waals surface area contributed by atoms with Gasteiger partial charge in [0, 0.05) is 37.9 Å². The van der Waals surface area contributed by atoms with Crippen LogP contribution in [0.3, 0.4) is 0 Å². The first kappa shape index (κ1) is 16.6. The largest absolute Gasteiger partial charge is 0.378 e. The van der Waals surface area contributed by atoms with Crippen LogP contribution in [0.1, 0.15) is 38.2 Å². The van der Waals surface area contributed by atoms with Crippen LogP contribution in [0.4, 0.5) is 10.6 Å². The van der Waals surface area contributed by atoms with Gasteiger partial charge in [0.2, 0.25) is 0 Å². The number of nitrogens with zero attached hydrogens (tertiary/aromatic N) is 3. The number of ether oxygens (including phenoxy) is 1. The van der Waals surface area contributed by atoms with Gasteiger partial charge in [0.05, 0.1) is 13.2 Å². The van der Waals surface area contributed by atoms with Crippen molar-refractivity contribution in [1.82, 2.24) is 15.2 Å². The standard InChI is InChI=1S/C19H28N4O2/c1-14(16-2-3-16)23(17-4-5-17)19(24)21-13-15-6-7-20-18(12-15)22-8-10-25-11-9-22/h6-7,12,14,16-17H,2-5,8-11,13H2,1H3,(H,21,24). The highest BCUT2D eigenvalue weighted by Crippen LogP contribution is 2.39. The average molecular weight is 344 g/mol. The third kappa shape index (κ3) is 4.06. The molecule has 2 saturated carbocycles. The van der Waals surface area contributed by atoms with Crippen LogP contribution in [-0.4, -0.2) is 54.3 Å². The third-order valence-electron chi connectivity index (χ3n) is 5.51. The first-order valence-electron chi connectivity index (χ1n) is 9.56. The van der Waals surface area contributed by atoms with E-state index in [2.05, 4.69) is 33.1 Å². The number of urea groups is 1. The Morgan fingerprint density at radius 1 is 1.36 bits per heavy atom. The summed E-state index contributed by atoms with van der Waals surface area (Å²) in [6, 6.07) is 4.98. The molecule has 1 atom stereocenters. The van der Waals surface area contributed by atoms with Crippen molar-refractivity contribution in [3.8, 4) is 0 Å². The molecule has 1 aromatic rings. The molecule has 0 radical (unpaired) electrons. The summed E-state index contributed by atoms with van der Waals surface area (Å²) in [6.45, 7) is 6.00. The summed E-state index contributed by atoms with van der Waals surface area (Å²) in [7, 11) is 0. The molecular formula is C19H28N4O2. The number of hydrogen-bond acceptors (Lipinski definition) is 4. The van der Waals surface area contributed by atoms with Crippen LogP contribution in [0.25, 0.3) is 0 Å². The Morgan fingerprint density at radius 2 is 2.12 bits per heavy atom. The van der Waals surface area contributed by atoms with E-state index in [0.717, 1.165) is 50.5 Å². The van der Waals surface area contributed by atoms with Gasteiger partial charge in [-0.15, -0.1) is 0 Å². The Hall–Kier alpha value is -1.82. The fourth-order valence-electron chi connectivity index (χ4n) is 3.65. The smallest absolute Gasteiger partial charge is 0.318 e. The highest BCUT2D eigenvalue weighted by atomic mass is 16.5. The maximum Gasteiger partial charge on any atom is 0.318 e. The van der Waals surface area contributed by atoms with Gasteiger partial charge in [0.15, 0.2) is 0 Å². The van der Waals surface area contributed by atoms with Crippen molar-refractivity contribution >= 4 is 11.8 Å². The van der Waals surface area contributed by atoms with Crippen molar-refractivity contribution in [3.63, 3.8) is 0 Å². The lowest BCUT2D eigenvalue weighted by atomic mass is 10.2. The van der Waals surface area contributed by atoms with Crippen molar-refractivity contribution in [2.24, 2.45) is 5.92 Å². The minimum absolute atomic E-state index is 0.0895. The van der Waals surface area contributed by atoms with Gasteiger partial charge in [-0.25, -0.2) is 9.78 Å². The van der Waals surface area contributed by atoms with Gasteiger partial charge in [0.25, 0.3) is 0 Å². The van der Waals surface area contributed by atoms with Crippen molar-refractivity contribution in [3.05, 3.63) is 23.9 Å². The molecule has 25 heavy (non-hydrogen) atoms. The van der Waals surface area contributed by atoms with E-state index < -0.39 is 0 Å². The second-order valence-corrected chi connectivity index (χ2v) is 7.50. The van der Waals surface area contributed by atoms with E-state index in [1.54, 1.807) is 0 Å². The number of nitrogens with one attached hydrogen (secondary N) is 1. The van der Waals surface area contributed by atoms with Crippen LogP contribution in [0.5, 0.6) is 0 Å². The van der Waals surface area contributed by atoms with E-state index in [0.29, 0.717) is 24.5 Å². The Balaban J connectivity index is 1.36. The van der Waals surface area contributed by atoms with Crippen molar-refractivity contribution < 1.29 is 9.53 Å². The third-order valence-corrected chi connectivity index (χ3v) is 5.51. The minimum atomic E-state index is 0.0895. The summed E-state index contributed by atoms with van der Waals surface area (Å²) in [5.41, 5.74) is 1.10. The second kappa shape index (κ2) is 7.20. The van der Waals surface area contributed by atoms with E-state index in [-0.39, 0.29) is 6.03 Å². The number of amides is 2. The van der Waals surface area contributed by atoms with Crippen LogP contribution in [0, 0.1) is 5.92 Å². The Labute approximate surface area is 149 Å². The lowest BCUT2D eigenvalue weighted by molar-refractivity contribution is 0.122. The predicted octanol–water partition coefficient (Wildman–Crippen LogP) is 2.39. The zero-order chi connectivity index (χ0) is 17.2. The first-order valence-corrected chi connectivity index (χ1v) is 9.56. The fraction of sp³-hybridized carbons (Fsp3) is 0.684. The number of aromatic nitrogens is 1. The molecule has 1 N–H and O–H groups in total. The fourth-order valence-corrected chi connectivity index (χ4v) is 3.65. The number of pyridine rings is 1. The molecule has 2 amide bonds. The molecule has 3 aliphatic rings. The maximum atomic E-state index is 12.7. The molecule has 0 bridgehead atoms. The van der Waals surface area contributed by atoms with Crippen molar-refractivity contribution in [2.75, 3.05) is 31.2 Å². The predicted molar refractivity (Wildman–Crippen MR) is 96.6 cm³/mol. The number of hydrogen-bond donors (Lipinski definition) is 1. The van der Waals surface area contributed by atoms with E-state index in [4.69, 9.17) is 4.74 Å².